The molecule has 1 amide bonds. The fraction of sp³-hybridized carbons (Fsp3) is 0.435. The molecule has 6 nitrogen and oxygen atoms in total. The van der Waals surface area contributed by atoms with E-state index in [1.807, 2.05) is 24.4 Å². The lowest BCUT2D eigenvalue weighted by Crippen LogP contribution is -2.45. The Morgan fingerprint density at radius 3 is 2.77 bits per heavy atom. The highest BCUT2D eigenvalue weighted by atomic mass is 32.1. The number of anilines is 1. The monoisotopic (exact) mass is 423 g/mol. The van der Waals surface area contributed by atoms with Crippen LogP contribution in [-0.4, -0.2) is 54.0 Å². The van der Waals surface area contributed by atoms with E-state index in [1.165, 1.54) is 4.70 Å². The minimum absolute atomic E-state index is 0.104. The maximum atomic E-state index is 12.3. The smallest absolute Gasteiger partial charge is 0.220 e. The number of aromatic nitrogens is 2. The van der Waals surface area contributed by atoms with E-state index in [1.54, 1.807) is 11.3 Å². The molecule has 4 rings (SSSR count). The molecule has 7 heteroatoms. The Labute approximate surface area is 181 Å². The Bertz CT molecular complexity index is 947. The highest BCUT2D eigenvalue weighted by molar-refractivity contribution is 7.18. The number of pyridine rings is 1. The van der Waals surface area contributed by atoms with Crippen LogP contribution in [0.5, 0.6) is 0 Å². The molecule has 1 N–H and O–H groups in total. The van der Waals surface area contributed by atoms with Gasteiger partial charge >= 0.3 is 0 Å². The molecule has 0 saturated carbocycles. The molecule has 0 atom stereocenters. The molecule has 0 bridgehead atoms. The van der Waals surface area contributed by atoms with Crippen LogP contribution in [0.2, 0.25) is 0 Å². The maximum Gasteiger partial charge on any atom is 0.220 e. The first-order chi connectivity index (χ1) is 14.7. The van der Waals surface area contributed by atoms with E-state index in [0.717, 1.165) is 67.3 Å². The molecule has 1 fully saturated rings. The van der Waals surface area contributed by atoms with Crippen LogP contribution in [0.1, 0.15) is 29.8 Å². The number of likely N-dealkylation sites (N-methyl/N-ethyl adjacent to an activating group) is 1. The third-order valence-electron chi connectivity index (χ3n) is 5.53. The van der Waals surface area contributed by atoms with Gasteiger partial charge in [-0.05, 0) is 44.5 Å². The maximum absolute atomic E-state index is 12.3. The van der Waals surface area contributed by atoms with Gasteiger partial charge in [0.25, 0.3) is 0 Å². The van der Waals surface area contributed by atoms with Crippen molar-refractivity contribution in [3.8, 4) is 0 Å². The predicted octanol–water partition coefficient (Wildman–Crippen LogP) is 3.47. The summed E-state index contributed by atoms with van der Waals surface area (Å²) in [6.07, 6.45) is 5.17. The molecule has 0 radical (unpaired) electrons. The highest BCUT2D eigenvalue weighted by Gasteiger charge is 2.18. The quantitative estimate of drug-likeness (QED) is 0.562. The van der Waals surface area contributed by atoms with Crippen molar-refractivity contribution in [3.05, 3.63) is 53.2 Å². The number of aryl methyl sites for hydroxylation is 1. The molecule has 2 aromatic heterocycles. The molecular formula is C23H29N5OS. The summed E-state index contributed by atoms with van der Waals surface area (Å²) < 4.78 is 1.23. The van der Waals surface area contributed by atoms with Crippen LogP contribution in [0.4, 0.5) is 5.82 Å². The van der Waals surface area contributed by atoms with Gasteiger partial charge in [0, 0.05) is 50.9 Å². The van der Waals surface area contributed by atoms with Crippen molar-refractivity contribution in [1.29, 1.82) is 0 Å². The number of thiazole rings is 1. The normalized spacial score (nSPS) is 14.9. The summed E-state index contributed by atoms with van der Waals surface area (Å²) >= 11 is 1.75. The van der Waals surface area contributed by atoms with Crippen LogP contribution in [0.15, 0.2) is 42.6 Å². The number of nitrogens with one attached hydrogen (secondary N) is 1. The first kappa shape index (κ1) is 20.8. The summed E-state index contributed by atoms with van der Waals surface area (Å²) in [7, 11) is 2.15. The molecule has 158 valence electrons. The van der Waals surface area contributed by atoms with Gasteiger partial charge < -0.3 is 15.1 Å². The lowest BCUT2D eigenvalue weighted by molar-refractivity contribution is -0.121. The van der Waals surface area contributed by atoms with Crippen molar-refractivity contribution in [2.24, 2.45) is 0 Å². The zero-order valence-corrected chi connectivity index (χ0v) is 18.3. The number of para-hydroxylation sites is 1. The van der Waals surface area contributed by atoms with Crippen LogP contribution in [0.3, 0.4) is 0 Å². The minimum Gasteiger partial charge on any atom is -0.354 e. The van der Waals surface area contributed by atoms with Crippen LogP contribution in [-0.2, 0) is 17.8 Å². The number of carbonyl (C=O) groups excluding carboxylic acids is 1. The first-order valence-corrected chi connectivity index (χ1v) is 11.5. The molecule has 0 spiro atoms. The van der Waals surface area contributed by atoms with Gasteiger partial charge in [-0.2, -0.15) is 0 Å². The van der Waals surface area contributed by atoms with Crippen LogP contribution < -0.4 is 10.2 Å². The molecule has 3 aromatic rings. The van der Waals surface area contributed by atoms with Crippen molar-refractivity contribution >= 4 is 33.3 Å². The van der Waals surface area contributed by atoms with E-state index in [9.17, 15) is 4.79 Å². The van der Waals surface area contributed by atoms with Crippen LogP contribution in [0.25, 0.3) is 10.2 Å². The van der Waals surface area contributed by atoms with Crippen LogP contribution in [0, 0.1) is 0 Å². The Balaban J connectivity index is 1.21. The number of fused-ring (bicyclic) bond motifs is 1. The van der Waals surface area contributed by atoms with Crippen molar-refractivity contribution in [3.63, 3.8) is 0 Å². The summed E-state index contributed by atoms with van der Waals surface area (Å²) in [5, 5.41) is 4.23. The molecular weight excluding hydrogens is 394 g/mol. The van der Waals surface area contributed by atoms with Gasteiger partial charge in [0.2, 0.25) is 5.91 Å². The molecule has 1 aliphatic rings. The van der Waals surface area contributed by atoms with Crippen molar-refractivity contribution in [1.82, 2.24) is 20.2 Å². The van der Waals surface area contributed by atoms with E-state index >= 15 is 0 Å². The van der Waals surface area contributed by atoms with E-state index < -0.39 is 0 Å². The van der Waals surface area contributed by atoms with Gasteiger partial charge in [-0.1, -0.05) is 18.2 Å². The second kappa shape index (κ2) is 10.00. The predicted molar refractivity (Wildman–Crippen MR) is 123 cm³/mol. The Morgan fingerprint density at radius 2 is 1.93 bits per heavy atom. The number of nitrogens with zero attached hydrogens (tertiary/aromatic N) is 4. The number of amides is 1. The number of hydrogen-bond donors (Lipinski definition) is 1. The lowest BCUT2D eigenvalue weighted by atomic mass is 10.2. The molecule has 0 aliphatic carbocycles. The van der Waals surface area contributed by atoms with Crippen molar-refractivity contribution < 1.29 is 4.79 Å². The molecule has 3 heterocycles. The van der Waals surface area contributed by atoms with E-state index in [4.69, 9.17) is 0 Å². The Kier molecular flexibility index (Phi) is 6.92. The summed E-state index contributed by atoms with van der Waals surface area (Å²) in [6, 6.07) is 12.2. The molecule has 1 aliphatic heterocycles. The average Bonchev–Trinajstić information content (AvgIpc) is 3.19. The average molecular weight is 424 g/mol. The standard InChI is InChI=1S/C23H29N5OS/c1-27-13-15-28(16-14-27)23-18(7-6-12-24-23)17-25-21(29)10-4-5-11-22-26-19-8-2-3-9-20(19)30-22/h2-3,6-9,12H,4-5,10-11,13-17H2,1H3,(H,25,29). The Hall–Kier alpha value is -2.51. The molecule has 30 heavy (non-hydrogen) atoms. The van der Waals surface area contributed by atoms with E-state index in [-0.39, 0.29) is 5.91 Å². The van der Waals surface area contributed by atoms with Crippen molar-refractivity contribution in [2.45, 2.75) is 32.2 Å². The SMILES string of the molecule is CN1CCN(c2ncccc2CNC(=O)CCCCc2nc3ccccc3s2)CC1. The minimum atomic E-state index is 0.104. The second-order valence-corrected chi connectivity index (χ2v) is 8.95. The largest absolute Gasteiger partial charge is 0.354 e. The summed E-state index contributed by atoms with van der Waals surface area (Å²) in [5.41, 5.74) is 2.16. The van der Waals surface area contributed by atoms with Gasteiger partial charge in [-0.25, -0.2) is 9.97 Å². The zero-order valence-electron chi connectivity index (χ0n) is 17.5. The van der Waals surface area contributed by atoms with Gasteiger partial charge in [0.1, 0.15) is 5.82 Å². The first-order valence-electron chi connectivity index (χ1n) is 10.7. The van der Waals surface area contributed by atoms with Crippen molar-refractivity contribution in [2.75, 3.05) is 38.1 Å². The van der Waals surface area contributed by atoms with Gasteiger partial charge in [-0.15, -0.1) is 11.3 Å². The fourth-order valence-corrected chi connectivity index (χ4v) is 4.75. The number of unbranched alkanes of at least 4 members (excludes halogenated alkanes) is 1. The highest BCUT2D eigenvalue weighted by Crippen LogP contribution is 2.23. The number of piperazine rings is 1. The fourth-order valence-electron chi connectivity index (χ4n) is 3.74. The number of carbonyl (C=O) groups is 1. The summed E-state index contributed by atoms with van der Waals surface area (Å²) in [4.78, 5) is 26.2. The van der Waals surface area contributed by atoms with Gasteiger partial charge in [-0.3, -0.25) is 4.79 Å². The number of hydrogen-bond acceptors (Lipinski definition) is 6. The molecule has 1 aromatic carbocycles. The zero-order chi connectivity index (χ0) is 20.8. The van der Waals surface area contributed by atoms with Gasteiger partial charge in [0.15, 0.2) is 0 Å². The number of rotatable bonds is 8. The van der Waals surface area contributed by atoms with Crippen LogP contribution >= 0.6 is 11.3 Å². The van der Waals surface area contributed by atoms with Gasteiger partial charge in [0.05, 0.1) is 15.2 Å². The lowest BCUT2D eigenvalue weighted by Gasteiger charge is -2.34. The summed E-state index contributed by atoms with van der Waals surface area (Å²) in [5.74, 6) is 1.11. The Morgan fingerprint density at radius 1 is 1.10 bits per heavy atom. The summed E-state index contributed by atoms with van der Waals surface area (Å²) in [6.45, 7) is 4.56. The molecule has 0 unspecified atom stereocenters. The van der Waals surface area contributed by atoms with E-state index in [2.05, 4.69) is 50.3 Å². The molecule has 1 saturated heterocycles. The van der Waals surface area contributed by atoms with E-state index in [0.29, 0.717) is 13.0 Å². The third kappa shape index (κ3) is 5.34. The third-order valence-corrected chi connectivity index (χ3v) is 6.63. The second-order valence-electron chi connectivity index (χ2n) is 7.84. The topological polar surface area (TPSA) is 61.4 Å². The number of benzene rings is 1.